The van der Waals surface area contributed by atoms with Crippen LogP contribution in [0.5, 0.6) is 5.75 Å². The fraction of sp³-hybridized carbons (Fsp3) is 0.250. The molecule has 0 aliphatic carbocycles. The number of hydrogen-bond donors (Lipinski definition) is 0. The minimum Gasteiger partial charge on any atom is -1.00 e. The second-order valence-corrected chi connectivity index (χ2v) is 1.91. The quantitative estimate of drug-likeness (QED) is 0.479. The van der Waals surface area contributed by atoms with E-state index in [4.69, 9.17) is 4.74 Å². The summed E-state index contributed by atoms with van der Waals surface area (Å²) in [6, 6.07) is 4.61. The van der Waals surface area contributed by atoms with Gasteiger partial charge in [0.15, 0.2) is 0 Å². The van der Waals surface area contributed by atoms with E-state index in [9.17, 15) is 8.78 Å². The third-order valence-corrected chi connectivity index (χ3v) is 1.15. The van der Waals surface area contributed by atoms with Crippen LogP contribution in [0.4, 0.5) is 8.78 Å². The van der Waals surface area contributed by atoms with Gasteiger partial charge in [0.05, 0.1) is 12.4 Å². The Hall–Kier alpha value is 0.126. The van der Waals surface area contributed by atoms with Crippen LogP contribution in [0.1, 0.15) is 6.92 Å². The zero-order valence-corrected chi connectivity index (χ0v) is 10.1. The SMILES string of the molecule is CCOc1c[c-]cc(F)c1F.[Br-].[Mg+2]. The smallest absolute Gasteiger partial charge is 1.00 e. The molecule has 0 radical (unpaired) electrons. The standard InChI is InChI=1S/C8H7F2O.BrH.Mg/c1-2-11-7-5-3-4-6(9)8(7)10;;/h4-5H,2H2,1H3;1H;/q-1;;+2/p-1. The molecule has 0 saturated heterocycles. The molecule has 0 atom stereocenters. The molecule has 0 fully saturated rings. The van der Waals surface area contributed by atoms with Gasteiger partial charge < -0.3 is 21.7 Å². The molecule has 0 aliphatic rings. The topological polar surface area (TPSA) is 9.23 Å². The largest absolute Gasteiger partial charge is 2.00 e. The van der Waals surface area contributed by atoms with Crippen LogP contribution in [0, 0.1) is 17.7 Å². The van der Waals surface area contributed by atoms with Crippen molar-refractivity contribution in [2.24, 2.45) is 0 Å². The van der Waals surface area contributed by atoms with Gasteiger partial charge in [-0.25, -0.2) is 4.39 Å². The Bertz CT molecular complexity index is 258. The molecule has 0 saturated carbocycles. The fourth-order valence-corrected chi connectivity index (χ4v) is 0.695. The maximum atomic E-state index is 12.7. The number of rotatable bonds is 2. The Morgan fingerprint density at radius 3 is 2.54 bits per heavy atom. The fourth-order valence-electron chi connectivity index (χ4n) is 0.695. The van der Waals surface area contributed by atoms with Gasteiger partial charge in [0.25, 0.3) is 0 Å². The van der Waals surface area contributed by atoms with E-state index >= 15 is 0 Å². The molecule has 13 heavy (non-hydrogen) atoms. The van der Waals surface area contributed by atoms with Crippen LogP contribution >= 0.6 is 0 Å². The number of ether oxygens (including phenoxy) is 1. The summed E-state index contributed by atoms with van der Waals surface area (Å²) >= 11 is 0. The second-order valence-electron chi connectivity index (χ2n) is 1.91. The maximum absolute atomic E-state index is 12.7. The molecular weight excluding hydrogens is 254 g/mol. The van der Waals surface area contributed by atoms with E-state index < -0.39 is 11.6 Å². The van der Waals surface area contributed by atoms with Crippen LogP contribution in [0.15, 0.2) is 12.1 Å². The van der Waals surface area contributed by atoms with Crippen LogP contribution in [-0.2, 0) is 0 Å². The van der Waals surface area contributed by atoms with Gasteiger partial charge in [-0.2, -0.15) is 6.07 Å². The van der Waals surface area contributed by atoms with Crippen molar-refractivity contribution in [2.45, 2.75) is 6.92 Å². The third kappa shape index (κ3) is 4.24. The van der Waals surface area contributed by atoms with E-state index in [1.165, 1.54) is 6.07 Å². The predicted molar refractivity (Wildman–Crippen MR) is 42.1 cm³/mol. The average molecular weight is 261 g/mol. The first-order valence-corrected chi connectivity index (χ1v) is 3.23. The maximum Gasteiger partial charge on any atom is 2.00 e. The number of halogens is 3. The Kier molecular flexibility index (Phi) is 9.02. The molecule has 1 aromatic carbocycles. The van der Waals surface area contributed by atoms with Crippen molar-refractivity contribution in [2.75, 3.05) is 6.61 Å². The van der Waals surface area contributed by atoms with Crippen LogP contribution < -0.4 is 21.7 Å². The van der Waals surface area contributed by atoms with Crippen LogP contribution in [-0.4, -0.2) is 29.7 Å². The van der Waals surface area contributed by atoms with Crippen molar-refractivity contribution in [3.8, 4) is 5.75 Å². The van der Waals surface area contributed by atoms with Crippen molar-refractivity contribution >= 4 is 23.1 Å². The Morgan fingerprint density at radius 2 is 2.00 bits per heavy atom. The molecule has 1 nitrogen and oxygen atoms in total. The summed E-state index contributed by atoms with van der Waals surface area (Å²) in [5.74, 6) is -1.98. The van der Waals surface area contributed by atoms with Crippen molar-refractivity contribution in [1.82, 2.24) is 0 Å². The number of benzene rings is 1. The minimum absolute atomic E-state index is 0. The summed E-state index contributed by atoms with van der Waals surface area (Å²) in [6.07, 6.45) is 0. The first kappa shape index (κ1) is 15.6. The molecule has 0 bridgehead atoms. The van der Waals surface area contributed by atoms with E-state index in [-0.39, 0.29) is 45.8 Å². The normalized spacial score (nSPS) is 8.23. The molecule has 0 aromatic heterocycles. The van der Waals surface area contributed by atoms with E-state index in [0.29, 0.717) is 6.61 Å². The molecule has 0 unspecified atom stereocenters. The van der Waals surface area contributed by atoms with Gasteiger partial charge in [-0.3, -0.25) is 4.39 Å². The third-order valence-electron chi connectivity index (χ3n) is 1.15. The first-order chi connectivity index (χ1) is 5.25. The summed E-state index contributed by atoms with van der Waals surface area (Å²) in [7, 11) is 0. The molecule has 0 aliphatic heterocycles. The molecular formula is C8H7BrF2MgO. The Morgan fingerprint density at radius 1 is 1.38 bits per heavy atom. The molecule has 0 heterocycles. The summed E-state index contributed by atoms with van der Waals surface area (Å²) in [5, 5.41) is 0. The summed E-state index contributed by atoms with van der Waals surface area (Å²) in [6.45, 7) is 2.01. The molecule has 1 aromatic rings. The van der Waals surface area contributed by atoms with Gasteiger partial charge in [0.1, 0.15) is 0 Å². The molecule has 0 N–H and O–H groups in total. The van der Waals surface area contributed by atoms with E-state index in [1.54, 1.807) is 6.92 Å². The van der Waals surface area contributed by atoms with Gasteiger partial charge in [-0.1, -0.05) is 0 Å². The molecule has 68 valence electrons. The van der Waals surface area contributed by atoms with Gasteiger partial charge in [0.2, 0.25) is 0 Å². The summed E-state index contributed by atoms with van der Waals surface area (Å²) in [5.41, 5.74) is 0. The van der Waals surface area contributed by atoms with Gasteiger partial charge in [-0.15, -0.1) is 12.1 Å². The summed E-state index contributed by atoms with van der Waals surface area (Å²) in [4.78, 5) is 0. The zero-order chi connectivity index (χ0) is 8.27. The second kappa shape index (κ2) is 7.52. The molecule has 0 spiro atoms. The van der Waals surface area contributed by atoms with Gasteiger partial charge >= 0.3 is 23.1 Å². The number of hydrogen-bond acceptors (Lipinski definition) is 1. The Balaban J connectivity index is 0. The first-order valence-electron chi connectivity index (χ1n) is 3.23. The van der Waals surface area contributed by atoms with Crippen molar-refractivity contribution in [3.05, 3.63) is 29.8 Å². The minimum atomic E-state index is -0.953. The van der Waals surface area contributed by atoms with E-state index in [0.717, 1.165) is 6.07 Å². The average Bonchev–Trinajstić information content (AvgIpc) is 1.99. The van der Waals surface area contributed by atoms with Crippen molar-refractivity contribution < 1.29 is 30.5 Å². The van der Waals surface area contributed by atoms with Crippen molar-refractivity contribution in [3.63, 3.8) is 0 Å². The molecule has 5 heteroatoms. The molecule has 1 rings (SSSR count). The van der Waals surface area contributed by atoms with E-state index in [2.05, 4.69) is 6.07 Å². The Labute approximate surface area is 102 Å². The monoisotopic (exact) mass is 260 g/mol. The van der Waals surface area contributed by atoms with Gasteiger partial charge in [0, 0.05) is 11.6 Å². The van der Waals surface area contributed by atoms with Crippen LogP contribution in [0.2, 0.25) is 0 Å². The predicted octanol–water partition coefficient (Wildman–Crippen LogP) is -1.21. The van der Waals surface area contributed by atoms with Crippen LogP contribution in [0.25, 0.3) is 0 Å². The van der Waals surface area contributed by atoms with Gasteiger partial charge in [-0.05, 0) is 6.92 Å². The zero-order valence-electron chi connectivity index (χ0n) is 7.11. The summed E-state index contributed by atoms with van der Waals surface area (Å²) < 4.78 is 29.9. The van der Waals surface area contributed by atoms with Crippen LogP contribution in [0.3, 0.4) is 0 Å². The van der Waals surface area contributed by atoms with Crippen molar-refractivity contribution in [1.29, 1.82) is 0 Å². The van der Waals surface area contributed by atoms with E-state index in [1.807, 2.05) is 0 Å². The molecule has 0 amide bonds.